The highest BCUT2D eigenvalue weighted by Gasteiger charge is 2.32. The molecule has 41 heavy (non-hydrogen) atoms. The van der Waals surface area contributed by atoms with Crippen LogP contribution in [0.25, 0.3) is 11.3 Å². The number of nitrogens with zero attached hydrogens (tertiary/aromatic N) is 1. The largest absolute Gasteiger partial charge is 0.493 e. The fourth-order valence-electron chi connectivity index (χ4n) is 4.03. The molecule has 0 saturated heterocycles. The van der Waals surface area contributed by atoms with Gasteiger partial charge in [0, 0.05) is 11.3 Å². The predicted octanol–water partition coefficient (Wildman–Crippen LogP) is 2.98. The summed E-state index contributed by atoms with van der Waals surface area (Å²) in [6, 6.07) is 13.1. The zero-order valence-corrected chi connectivity index (χ0v) is 22.2. The van der Waals surface area contributed by atoms with E-state index in [1.807, 2.05) is 0 Å². The molecule has 0 spiro atoms. The predicted molar refractivity (Wildman–Crippen MR) is 144 cm³/mol. The Morgan fingerprint density at radius 3 is 2.63 bits per heavy atom. The molecule has 0 saturated carbocycles. The van der Waals surface area contributed by atoms with Crippen molar-refractivity contribution in [2.45, 2.75) is 13.0 Å². The number of ether oxygens (including phenoxy) is 3. The highest BCUT2D eigenvalue weighted by atomic mass is 16.5. The highest BCUT2D eigenvalue weighted by Crippen LogP contribution is 2.34. The maximum atomic E-state index is 12.3. The number of rotatable bonds is 10. The van der Waals surface area contributed by atoms with E-state index in [1.54, 1.807) is 49.4 Å². The number of esters is 1. The quantitative estimate of drug-likeness (QED) is 0.164. The molecular weight excluding hydrogens is 536 g/mol. The summed E-state index contributed by atoms with van der Waals surface area (Å²) in [5.74, 6) is -0.930. The summed E-state index contributed by atoms with van der Waals surface area (Å²) in [7, 11) is 2.66. The van der Waals surface area contributed by atoms with Crippen molar-refractivity contribution >= 4 is 30.1 Å². The Bertz CT molecular complexity index is 1560. The van der Waals surface area contributed by atoms with Crippen LogP contribution < -0.4 is 25.5 Å². The van der Waals surface area contributed by atoms with Gasteiger partial charge >= 0.3 is 18.0 Å². The van der Waals surface area contributed by atoms with Crippen LogP contribution in [-0.4, -0.2) is 56.0 Å². The smallest absolute Gasteiger partial charge is 0.337 e. The average molecular weight is 563 g/mol. The molecule has 13 nitrogen and oxygen atoms in total. The van der Waals surface area contributed by atoms with E-state index in [0.29, 0.717) is 28.3 Å². The fraction of sp³-hybridized carbons (Fsp3) is 0.179. The van der Waals surface area contributed by atoms with Crippen LogP contribution in [0.2, 0.25) is 0 Å². The number of methoxy groups -OCH3 is 2. The van der Waals surface area contributed by atoms with Crippen LogP contribution in [0.15, 0.2) is 75.4 Å². The number of allylic oxidation sites excluding steroid dienone is 1. The third kappa shape index (κ3) is 6.71. The van der Waals surface area contributed by atoms with Gasteiger partial charge in [-0.1, -0.05) is 18.2 Å². The topological polar surface area (TPSA) is 178 Å². The van der Waals surface area contributed by atoms with Gasteiger partial charge in [-0.2, -0.15) is 5.10 Å². The molecule has 212 valence electrons. The number of hydrazone groups is 1. The number of hydrogen-bond acceptors (Lipinski definition) is 9. The summed E-state index contributed by atoms with van der Waals surface area (Å²) in [5, 5.41) is 18.2. The van der Waals surface area contributed by atoms with E-state index in [0.717, 1.165) is 0 Å². The Morgan fingerprint density at radius 1 is 1.10 bits per heavy atom. The molecule has 0 radical (unpaired) electrons. The lowest BCUT2D eigenvalue weighted by Crippen LogP contribution is -2.45. The van der Waals surface area contributed by atoms with Gasteiger partial charge in [0.05, 0.1) is 37.6 Å². The van der Waals surface area contributed by atoms with Crippen LogP contribution in [-0.2, 0) is 14.3 Å². The second kappa shape index (κ2) is 12.5. The van der Waals surface area contributed by atoms with Gasteiger partial charge < -0.3 is 34.4 Å². The van der Waals surface area contributed by atoms with E-state index in [2.05, 4.69) is 21.2 Å². The van der Waals surface area contributed by atoms with Crippen molar-refractivity contribution in [1.29, 1.82) is 0 Å². The third-order valence-corrected chi connectivity index (χ3v) is 5.96. The van der Waals surface area contributed by atoms with Gasteiger partial charge in [0.1, 0.15) is 11.5 Å². The van der Waals surface area contributed by atoms with Crippen molar-refractivity contribution < 1.29 is 42.9 Å². The summed E-state index contributed by atoms with van der Waals surface area (Å²) in [6.07, 6.45) is 1.29. The summed E-state index contributed by atoms with van der Waals surface area (Å²) >= 11 is 0. The monoisotopic (exact) mass is 562 g/mol. The van der Waals surface area contributed by atoms with Gasteiger partial charge in [0.25, 0.3) is 5.91 Å². The Labute approximate surface area is 233 Å². The summed E-state index contributed by atoms with van der Waals surface area (Å²) in [4.78, 5) is 47.8. The molecule has 0 unspecified atom stereocenters. The Kier molecular flexibility index (Phi) is 8.67. The second-order valence-corrected chi connectivity index (χ2v) is 8.64. The molecular formula is C28H26N4O9. The van der Waals surface area contributed by atoms with Crippen LogP contribution >= 0.6 is 0 Å². The van der Waals surface area contributed by atoms with Gasteiger partial charge in [0.15, 0.2) is 18.1 Å². The van der Waals surface area contributed by atoms with Crippen molar-refractivity contribution in [3.8, 4) is 22.8 Å². The molecule has 0 fully saturated rings. The molecule has 0 aliphatic carbocycles. The first-order valence-electron chi connectivity index (χ1n) is 12.1. The number of aromatic carboxylic acids is 1. The first-order valence-corrected chi connectivity index (χ1v) is 12.1. The molecule has 13 heteroatoms. The van der Waals surface area contributed by atoms with Gasteiger partial charge in [-0.05, 0) is 48.9 Å². The normalized spacial score (nSPS) is 14.7. The van der Waals surface area contributed by atoms with Gasteiger partial charge in [-0.15, -0.1) is 0 Å². The minimum atomic E-state index is -1.05. The second-order valence-electron chi connectivity index (χ2n) is 8.64. The Hall–Kier alpha value is -5.59. The maximum absolute atomic E-state index is 12.3. The molecule has 1 aliphatic rings. The van der Waals surface area contributed by atoms with Crippen molar-refractivity contribution in [2.24, 2.45) is 5.10 Å². The molecule has 1 aliphatic heterocycles. The molecule has 4 N–H and O–H groups in total. The van der Waals surface area contributed by atoms with Crippen molar-refractivity contribution in [3.05, 3.63) is 82.8 Å². The molecule has 3 amide bonds. The maximum Gasteiger partial charge on any atom is 0.337 e. The van der Waals surface area contributed by atoms with E-state index in [4.69, 9.17) is 23.7 Å². The van der Waals surface area contributed by atoms with Crippen LogP contribution in [0.4, 0.5) is 4.79 Å². The van der Waals surface area contributed by atoms with Crippen molar-refractivity contribution in [2.75, 3.05) is 20.8 Å². The number of hydrogen-bond donors (Lipinski definition) is 4. The van der Waals surface area contributed by atoms with Crippen LogP contribution in [0.1, 0.15) is 34.6 Å². The lowest BCUT2D eigenvalue weighted by Gasteiger charge is -2.28. The SMILES string of the molecule is COC(=O)C1=C(C)NC(=O)N[C@@H]1c1ccc(OCC(=O)N/N=C\c2ccc(-c3cccc(C(=O)O)c3)o2)c(OC)c1. The molecule has 2 aromatic carbocycles. The van der Waals surface area contributed by atoms with Crippen LogP contribution in [0.3, 0.4) is 0 Å². The first kappa shape index (κ1) is 28.4. The number of nitrogens with one attached hydrogen (secondary N) is 3. The number of carboxylic acids is 1. The molecule has 4 rings (SSSR count). The van der Waals surface area contributed by atoms with E-state index in [-0.39, 0.29) is 22.6 Å². The van der Waals surface area contributed by atoms with Gasteiger partial charge in [-0.3, -0.25) is 4.79 Å². The highest BCUT2D eigenvalue weighted by molar-refractivity contribution is 5.95. The zero-order chi connectivity index (χ0) is 29.5. The number of carbonyl (C=O) groups is 4. The number of amides is 3. The van der Waals surface area contributed by atoms with Crippen LogP contribution in [0, 0.1) is 0 Å². The van der Waals surface area contributed by atoms with Crippen LogP contribution in [0.5, 0.6) is 11.5 Å². The standard InChI is InChI=1S/C28H26N4O9/c1-15-24(27(36)39-3)25(31-28(37)30-15)17-7-9-21(22(12-17)38-2)40-14-23(33)32-29-13-19-8-10-20(41-19)16-5-4-6-18(11-16)26(34)35/h4-13,25H,14H2,1-3H3,(H,32,33)(H,34,35)(H2,30,31,37)/b29-13-/t25-/m1/s1. The van der Waals surface area contributed by atoms with Crippen molar-refractivity contribution in [1.82, 2.24) is 16.1 Å². The summed E-state index contributed by atoms with van der Waals surface area (Å²) in [6.45, 7) is 1.20. The summed E-state index contributed by atoms with van der Waals surface area (Å²) < 4.78 is 21.5. The number of carboxylic acid groups (broad SMARTS) is 1. The molecule has 2 heterocycles. The number of furan rings is 1. The number of benzene rings is 2. The number of urea groups is 1. The minimum Gasteiger partial charge on any atom is -0.493 e. The van der Waals surface area contributed by atoms with E-state index >= 15 is 0 Å². The van der Waals surface area contributed by atoms with Gasteiger partial charge in [-0.25, -0.2) is 19.8 Å². The van der Waals surface area contributed by atoms with Crippen molar-refractivity contribution in [3.63, 3.8) is 0 Å². The summed E-state index contributed by atoms with van der Waals surface area (Å²) in [5.41, 5.74) is 4.16. The molecule has 3 aromatic rings. The Balaban J connectivity index is 1.37. The third-order valence-electron chi connectivity index (χ3n) is 5.96. The van der Waals surface area contributed by atoms with E-state index in [9.17, 15) is 19.2 Å². The lowest BCUT2D eigenvalue weighted by atomic mass is 9.95. The van der Waals surface area contributed by atoms with E-state index < -0.39 is 36.5 Å². The number of carbonyl (C=O) groups excluding carboxylic acids is 3. The molecule has 0 bridgehead atoms. The average Bonchev–Trinajstić information content (AvgIpc) is 3.44. The minimum absolute atomic E-state index is 0.128. The molecule has 1 atom stereocenters. The lowest BCUT2D eigenvalue weighted by molar-refractivity contribution is -0.136. The molecule has 1 aromatic heterocycles. The Morgan fingerprint density at radius 2 is 1.90 bits per heavy atom. The first-order chi connectivity index (χ1) is 19.7. The fourth-order valence-corrected chi connectivity index (χ4v) is 4.03. The zero-order valence-electron chi connectivity index (χ0n) is 22.2. The van der Waals surface area contributed by atoms with E-state index in [1.165, 1.54) is 32.6 Å². The van der Waals surface area contributed by atoms with Gasteiger partial charge in [0.2, 0.25) is 0 Å².